The average molecular weight is 756 g/mol. The number of thiophene rings is 1. The van der Waals surface area contributed by atoms with Crippen LogP contribution in [0.5, 0.6) is 0 Å². The lowest BCUT2D eigenvalue weighted by Crippen LogP contribution is -2.12. The molecule has 0 bridgehead atoms. The summed E-state index contributed by atoms with van der Waals surface area (Å²) in [4.78, 5) is 2.49. The molecular formula is C56H37NS. The lowest BCUT2D eigenvalue weighted by atomic mass is 9.95. The number of anilines is 3. The molecule has 0 aliphatic carbocycles. The summed E-state index contributed by atoms with van der Waals surface area (Å²) in [5, 5.41) is 7.53. The van der Waals surface area contributed by atoms with Gasteiger partial charge in [0, 0.05) is 31.4 Å². The Kier molecular flexibility index (Phi) is 8.42. The van der Waals surface area contributed by atoms with Gasteiger partial charge in [0.1, 0.15) is 0 Å². The van der Waals surface area contributed by atoms with Crippen LogP contribution in [0.4, 0.5) is 17.1 Å². The maximum absolute atomic E-state index is 2.49. The van der Waals surface area contributed by atoms with Crippen LogP contribution in [0.3, 0.4) is 0 Å². The van der Waals surface area contributed by atoms with Gasteiger partial charge in [-0.2, -0.15) is 0 Å². The van der Waals surface area contributed by atoms with Crippen LogP contribution < -0.4 is 4.90 Å². The molecule has 58 heavy (non-hydrogen) atoms. The summed E-state index contributed by atoms with van der Waals surface area (Å²) >= 11 is 1.86. The van der Waals surface area contributed by atoms with E-state index in [1.54, 1.807) is 0 Å². The Bertz CT molecular complexity index is 3290. The van der Waals surface area contributed by atoms with Crippen molar-refractivity contribution in [3.8, 4) is 44.5 Å². The Hall–Kier alpha value is -7.26. The summed E-state index contributed by atoms with van der Waals surface area (Å²) in [7, 11) is 0. The molecule has 1 nitrogen and oxygen atoms in total. The summed E-state index contributed by atoms with van der Waals surface area (Å²) in [6.45, 7) is 0. The van der Waals surface area contributed by atoms with Crippen molar-refractivity contribution in [1.82, 2.24) is 0 Å². The fraction of sp³-hybridized carbons (Fsp3) is 0. The summed E-state index contributed by atoms with van der Waals surface area (Å²) < 4.78 is 2.57. The molecule has 10 aromatic carbocycles. The first kappa shape index (κ1) is 34.0. The van der Waals surface area contributed by atoms with Gasteiger partial charge in [0.05, 0.1) is 11.4 Å². The van der Waals surface area contributed by atoms with Gasteiger partial charge < -0.3 is 4.90 Å². The van der Waals surface area contributed by atoms with Crippen LogP contribution in [0.2, 0.25) is 0 Å². The van der Waals surface area contributed by atoms with E-state index in [2.05, 4.69) is 229 Å². The number of nitrogens with zero attached hydrogens (tertiary/aromatic N) is 1. The minimum absolute atomic E-state index is 1.10. The molecule has 0 aliphatic rings. The van der Waals surface area contributed by atoms with E-state index in [4.69, 9.17) is 0 Å². The maximum atomic E-state index is 2.49. The Morgan fingerprint density at radius 3 is 1.53 bits per heavy atom. The zero-order valence-corrected chi connectivity index (χ0v) is 32.5. The molecule has 0 amide bonds. The third kappa shape index (κ3) is 6.12. The van der Waals surface area contributed by atoms with Crippen LogP contribution >= 0.6 is 11.3 Å². The second-order valence-corrected chi connectivity index (χ2v) is 16.0. The highest BCUT2D eigenvalue weighted by Crippen LogP contribution is 2.48. The molecule has 0 fully saturated rings. The quantitative estimate of drug-likeness (QED) is 0.157. The number of benzene rings is 10. The van der Waals surface area contributed by atoms with Crippen molar-refractivity contribution in [3.63, 3.8) is 0 Å². The summed E-state index contributed by atoms with van der Waals surface area (Å²) in [6.07, 6.45) is 0. The smallest absolute Gasteiger partial charge is 0.0555 e. The maximum Gasteiger partial charge on any atom is 0.0555 e. The van der Waals surface area contributed by atoms with Crippen molar-refractivity contribution < 1.29 is 0 Å². The van der Waals surface area contributed by atoms with Gasteiger partial charge in [0.2, 0.25) is 0 Å². The van der Waals surface area contributed by atoms with E-state index in [0.29, 0.717) is 0 Å². The van der Waals surface area contributed by atoms with Gasteiger partial charge in [-0.15, -0.1) is 11.3 Å². The zero-order valence-electron chi connectivity index (χ0n) is 31.7. The Morgan fingerprint density at radius 2 is 0.810 bits per heavy atom. The van der Waals surface area contributed by atoms with Gasteiger partial charge in [0.25, 0.3) is 0 Å². The molecule has 0 saturated carbocycles. The van der Waals surface area contributed by atoms with Gasteiger partial charge in [-0.3, -0.25) is 0 Å². The number of fused-ring (bicyclic) bond motifs is 5. The van der Waals surface area contributed by atoms with E-state index < -0.39 is 0 Å². The highest BCUT2D eigenvalue weighted by Gasteiger charge is 2.22. The number of hydrogen-bond donors (Lipinski definition) is 0. The van der Waals surface area contributed by atoms with Crippen LogP contribution in [-0.2, 0) is 0 Å². The van der Waals surface area contributed by atoms with Crippen molar-refractivity contribution in [1.29, 1.82) is 0 Å². The average Bonchev–Trinajstić information content (AvgIpc) is 3.69. The van der Waals surface area contributed by atoms with Gasteiger partial charge in [-0.25, -0.2) is 0 Å². The predicted molar refractivity (Wildman–Crippen MR) is 251 cm³/mol. The monoisotopic (exact) mass is 755 g/mol. The van der Waals surface area contributed by atoms with Gasteiger partial charge in [-0.1, -0.05) is 170 Å². The molecule has 0 saturated heterocycles. The first-order valence-corrected chi connectivity index (χ1v) is 20.6. The standard InChI is InChI=1S/C56H37NS/c1-2-14-41(15-3-1)50-33-30-48(47-27-25-39-13-5-7-17-43(39)36-47)37-53(50)57(52-21-11-23-55-56(52)51-20-8-9-22-54(51)58-55)49-31-28-40(29-32-49)44-18-10-19-45(34-44)46-26-24-38-12-4-6-16-42(38)35-46/h1-37H. The SMILES string of the molecule is c1ccc(-c2ccc(-c3ccc4ccccc4c3)cc2N(c2ccc(-c3cccc(-c4ccc5ccccc5c4)c3)cc2)c2cccc3sc4ccccc4c23)cc1. The largest absolute Gasteiger partial charge is 0.309 e. The highest BCUT2D eigenvalue weighted by atomic mass is 32.1. The van der Waals surface area contributed by atoms with E-state index in [-0.39, 0.29) is 0 Å². The normalized spacial score (nSPS) is 11.4. The first-order chi connectivity index (χ1) is 28.7. The lowest BCUT2D eigenvalue weighted by molar-refractivity contribution is 1.30. The Balaban J connectivity index is 1.10. The van der Waals surface area contributed by atoms with E-state index in [1.165, 1.54) is 86.2 Å². The van der Waals surface area contributed by atoms with Crippen LogP contribution in [-0.4, -0.2) is 0 Å². The second-order valence-electron chi connectivity index (χ2n) is 14.9. The molecule has 1 aromatic heterocycles. The minimum atomic E-state index is 1.10. The van der Waals surface area contributed by atoms with Crippen molar-refractivity contribution in [2.24, 2.45) is 0 Å². The summed E-state index contributed by atoms with van der Waals surface area (Å²) in [5.74, 6) is 0. The summed E-state index contributed by atoms with van der Waals surface area (Å²) in [6, 6.07) is 82.1. The number of hydrogen-bond acceptors (Lipinski definition) is 2. The van der Waals surface area contributed by atoms with Crippen LogP contribution in [0, 0.1) is 0 Å². The number of rotatable bonds is 7. The molecule has 2 heteroatoms. The molecule has 1 heterocycles. The van der Waals surface area contributed by atoms with E-state index in [0.717, 1.165) is 17.1 Å². The molecular weight excluding hydrogens is 719 g/mol. The molecule has 11 aromatic rings. The molecule has 11 rings (SSSR count). The van der Waals surface area contributed by atoms with Crippen LogP contribution in [0.25, 0.3) is 86.2 Å². The van der Waals surface area contributed by atoms with Gasteiger partial charge in [-0.05, 0) is 115 Å². The van der Waals surface area contributed by atoms with E-state index in [9.17, 15) is 0 Å². The molecule has 0 atom stereocenters. The van der Waals surface area contributed by atoms with Crippen LogP contribution in [0.1, 0.15) is 0 Å². The zero-order chi connectivity index (χ0) is 38.4. The molecule has 0 aliphatic heterocycles. The predicted octanol–water partition coefficient (Wildman–Crippen LogP) is 16.5. The Morgan fingerprint density at radius 1 is 0.293 bits per heavy atom. The van der Waals surface area contributed by atoms with Gasteiger partial charge in [0.15, 0.2) is 0 Å². The third-order valence-corrected chi connectivity index (χ3v) is 12.6. The summed E-state index contributed by atoms with van der Waals surface area (Å²) in [5.41, 5.74) is 12.9. The highest BCUT2D eigenvalue weighted by molar-refractivity contribution is 7.26. The topological polar surface area (TPSA) is 3.24 Å². The van der Waals surface area contributed by atoms with Crippen molar-refractivity contribution in [2.75, 3.05) is 4.90 Å². The van der Waals surface area contributed by atoms with Crippen LogP contribution in [0.15, 0.2) is 224 Å². The van der Waals surface area contributed by atoms with Crippen molar-refractivity contribution in [2.45, 2.75) is 0 Å². The molecule has 0 N–H and O–H groups in total. The molecule has 0 radical (unpaired) electrons. The Labute approximate surface area is 342 Å². The molecule has 272 valence electrons. The second kappa shape index (κ2) is 14.4. The van der Waals surface area contributed by atoms with Gasteiger partial charge >= 0.3 is 0 Å². The first-order valence-electron chi connectivity index (χ1n) is 19.8. The minimum Gasteiger partial charge on any atom is -0.309 e. The van der Waals surface area contributed by atoms with Crippen molar-refractivity contribution >= 4 is 70.1 Å². The fourth-order valence-electron chi connectivity index (χ4n) is 8.53. The molecule has 0 spiro atoms. The van der Waals surface area contributed by atoms with E-state index >= 15 is 0 Å². The molecule has 0 unspecified atom stereocenters. The van der Waals surface area contributed by atoms with Crippen molar-refractivity contribution in [3.05, 3.63) is 224 Å². The lowest BCUT2D eigenvalue weighted by Gasteiger charge is -2.29. The fourth-order valence-corrected chi connectivity index (χ4v) is 9.65. The van der Waals surface area contributed by atoms with E-state index in [1.807, 2.05) is 11.3 Å². The third-order valence-electron chi connectivity index (χ3n) is 11.4.